The van der Waals surface area contributed by atoms with Crippen LogP contribution in [0.4, 0.5) is 5.69 Å². The number of rotatable bonds is 4. The minimum absolute atomic E-state index is 0.0953. The van der Waals surface area contributed by atoms with Crippen LogP contribution in [-0.2, 0) is 6.42 Å². The van der Waals surface area contributed by atoms with Gasteiger partial charge in [-0.2, -0.15) is 0 Å². The van der Waals surface area contributed by atoms with Crippen molar-refractivity contribution >= 4 is 23.2 Å². The summed E-state index contributed by atoms with van der Waals surface area (Å²) in [7, 11) is 0. The van der Waals surface area contributed by atoms with Gasteiger partial charge < -0.3 is 11.1 Å². The number of carbonyl (C=O) groups is 1. The average molecular weight is 275 g/mol. The maximum absolute atomic E-state index is 11.8. The van der Waals surface area contributed by atoms with Gasteiger partial charge in [0.1, 0.15) is 0 Å². The fourth-order valence-electron chi connectivity index (χ4n) is 1.75. The second-order valence-electron chi connectivity index (χ2n) is 4.26. The van der Waals surface area contributed by atoms with Gasteiger partial charge in [0, 0.05) is 22.8 Å². The molecule has 2 rings (SSSR count). The normalized spacial score (nSPS) is 10.2. The molecule has 0 radical (unpaired) electrons. The van der Waals surface area contributed by atoms with E-state index in [2.05, 4.69) is 5.32 Å². The highest BCUT2D eigenvalue weighted by molar-refractivity contribution is 6.30. The molecule has 98 valence electrons. The molecule has 3 N–H and O–H groups in total. The van der Waals surface area contributed by atoms with E-state index < -0.39 is 0 Å². The van der Waals surface area contributed by atoms with Crippen LogP contribution in [0.1, 0.15) is 15.9 Å². The highest BCUT2D eigenvalue weighted by Crippen LogP contribution is 2.11. The number of nitrogens with two attached hydrogens (primary N) is 1. The number of nitrogen functional groups attached to an aromatic ring is 1. The van der Waals surface area contributed by atoms with Crippen molar-refractivity contribution in [1.29, 1.82) is 0 Å². The van der Waals surface area contributed by atoms with Crippen molar-refractivity contribution < 1.29 is 4.79 Å². The van der Waals surface area contributed by atoms with Gasteiger partial charge in [0.25, 0.3) is 5.91 Å². The van der Waals surface area contributed by atoms with Crippen LogP contribution in [0.15, 0.2) is 48.5 Å². The summed E-state index contributed by atoms with van der Waals surface area (Å²) in [6, 6.07) is 14.5. The van der Waals surface area contributed by atoms with Gasteiger partial charge in [-0.1, -0.05) is 23.7 Å². The molecule has 0 saturated carbocycles. The summed E-state index contributed by atoms with van der Waals surface area (Å²) >= 11 is 5.90. The van der Waals surface area contributed by atoms with Crippen LogP contribution >= 0.6 is 11.6 Å². The first-order chi connectivity index (χ1) is 9.15. The lowest BCUT2D eigenvalue weighted by Gasteiger charge is -2.06. The molecule has 19 heavy (non-hydrogen) atoms. The summed E-state index contributed by atoms with van der Waals surface area (Å²) < 4.78 is 0. The van der Waals surface area contributed by atoms with E-state index in [-0.39, 0.29) is 5.91 Å². The molecule has 2 aromatic rings. The molecule has 0 heterocycles. The van der Waals surface area contributed by atoms with Gasteiger partial charge in [-0.3, -0.25) is 4.79 Å². The minimum atomic E-state index is -0.0953. The molecular weight excluding hydrogens is 260 g/mol. The molecule has 0 unspecified atom stereocenters. The second kappa shape index (κ2) is 6.25. The minimum Gasteiger partial charge on any atom is -0.399 e. The van der Waals surface area contributed by atoms with Crippen molar-refractivity contribution in [1.82, 2.24) is 5.32 Å². The van der Waals surface area contributed by atoms with E-state index in [1.807, 2.05) is 24.3 Å². The molecular formula is C15H15ClN2O. The number of halogens is 1. The van der Waals surface area contributed by atoms with Gasteiger partial charge in [0.15, 0.2) is 0 Å². The first-order valence-corrected chi connectivity index (χ1v) is 6.41. The van der Waals surface area contributed by atoms with E-state index >= 15 is 0 Å². The molecule has 0 spiro atoms. The van der Waals surface area contributed by atoms with Crippen LogP contribution in [0, 0.1) is 0 Å². The first-order valence-electron chi connectivity index (χ1n) is 6.03. The topological polar surface area (TPSA) is 55.1 Å². The Morgan fingerprint density at radius 1 is 1.16 bits per heavy atom. The van der Waals surface area contributed by atoms with Crippen LogP contribution in [0.3, 0.4) is 0 Å². The third-order valence-corrected chi connectivity index (χ3v) is 3.00. The van der Waals surface area contributed by atoms with Crippen LogP contribution in [0.5, 0.6) is 0 Å². The standard InChI is InChI=1S/C15H15ClN2O/c16-13-3-1-2-11(10-13)8-9-18-15(19)12-4-6-14(17)7-5-12/h1-7,10H,8-9,17H2,(H,18,19). The molecule has 0 atom stereocenters. The molecule has 0 bridgehead atoms. The number of amides is 1. The zero-order valence-electron chi connectivity index (χ0n) is 10.4. The fraction of sp³-hybridized carbons (Fsp3) is 0.133. The maximum atomic E-state index is 11.8. The van der Waals surface area contributed by atoms with Crippen molar-refractivity contribution in [2.24, 2.45) is 0 Å². The van der Waals surface area contributed by atoms with Crippen molar-refractivity contribution in [3.63, 3.8) is 0 Å². The lowest BCUT2D eigenvalue weighted by molar-refractivity contribution is 0.0954. The van der Waals surface area contributed by atoms with E-state index in [0.717, 1.165) is 12.0 Å². The zero-order chi connectivity index (χ0) is 13.7. The van der Waals surface area contributed by atoms with Crippen molar-refractivity contribution in [2.45, 2.75) is 6.42 Å². The lowest BCUT2D eigenvalue weighted by atomic mass is 10.1. The van der Waals surface area contributed by atoms with Gasteiger partial charge in [0.2, 0.25) is 0 Å². The predicted molar refractivity (Wildman–Crippen MR) is 78.3 cm³/mol. The van der Waals surface area contributed by atoms with Crippen LogP contribution in [-0.4, -0.2) is 12.5 Å². The first kappa shape index (κ1) is 13.4. The SMILES string of the molecule is Nc1ccc(C(=O)NCCc2cccc(Cl)c2)cc1. The molecule has 0 aliphatic carbocycles. The van der Waals surface area contributed by atoms with Crippen molar-refractivity contribution in [2.75, 3.05) is 12.3 Å². The molecule has 0 aromatic heterocycles. The molecule has 2 aromatic carbocycles. The van der Waals surface area contributed by atoms with Gasteiger partial charge in [0.05, 0.1) is 0 Å². The van der Waals surface area contributed by atoms with Crippen LogP contribution in [0.25, 0.3) is 0 Å². The van der Waals surface area contributed by atoms with Gasteiger partial charge in [-0.05, 0) is 48.4 Å². The molecule has 0 aliphatic heterocycles. The molecule has 1 amide bonds. The smallest absolute Gasteiger partial charge is 0.251 e. The van der Waals surface area contributed by atoms with Gasteiger partial charge in [-0.15, -0.1) is 0 Å². The Kier molecular flexibility index (Phi) is 4.42. The van der Waals surface area contributed by atoms with E-state index in [1.54, 1.807) is 24.3 Å². The van der Waals surface area contributed by atoms with Crippen LogP contribution in [0.2, 0.25) is 5.02 Å². The third-order valence-electron chi connectivity index (χ3n) is 2.76. The molecule has 0 fully saturated rings. The Morgan fingerprint density at radius 3 is 2.58 bits per heavy atom. The second-order valence-corrected chi connectivity index (χ2v) is 4.69. The zero-order valence-corrected chi connectivity index (χ0v) is 11.2. The summed E-state index contributed by atoms with van der Waals surface area (Å²) in [4.78, 5) is 11.8. The van der Waals surface area contributed by atoms with E-state index in [9.17, 15) is 4.79 Å². The number of benzene rings is 2. The van der Waals surface area contributed by atoms with Gasteiger partial charge in [-0.25, -0.2) is 0 Å². The molecule has 4 heteroatoms. The summed E-state index contributed by atoms with van der Waals surface area (Å²) in [5, 5.41) is 3.57. The summed E-state index contributed by atoms with van der Waals surface area (Å²) in [5.41, 5.74) is 7.93. The van der Waals surface area contributed by atoms with Crippen LogP contribution < -0.4 is 11.1 Å². The maximum Gasteiger partial charge on any atom is 0.251 e. The van der Waals surface area contributed by atoms with Gasteiger partial charge >= 0.3 is 0 Å². The molecule has 0 aliphatic rings. The Hall–Kier alpha value is -2.00. The van der Waals surface area contributed by atoms with E-state index in [4.69, 9.17) is 17.3 Å². The summed E-state index contributed by atoms with van der Waals surface area (Å²) in [5.74, 6) is -0.0953. The number of hydrogen-bond donors (Lipinski definition) is 2. The number of anilines is 1. The van der Waals surface area contributed by atoms with E-state index in [0.29, 0.717) is 22.8 Å². The fourth-order valence-corrected chi connectivity index (χ4v) is 1.96. The van der Waals surface area contributed by atoms with Crippen molar-refractivity contribution in [3.8, 4) is 0 Å². The third kappa shape index (κ3) is 4.00. The van der Waals surface area contributed by atoms with Crippen molar-refractivity contribution in [3.05, 3.63) is 64.7 Å². The molecule has 0 saturated heterocycles. The predicted octanol–water partition coefficient (Wildman–Crippen LogP) is 2.89. The number of carbonyl (C=O) groups excluding carboxylic acids is 1. The Labute approximate surface area is 117 Å². The quantitative estimate of drug-likeness (QED) is 0.843. The Balaban J connectivity index is 1.86. The number of nitrogens with one attached hydrogen (secondary N) is 1. The summed E-state index contributed by atoms with van der Waals surface area (Å²) in [6.07, 6.45) is 0.751. The summed E-state index contributed by atoms with van der Waals surface area (Å²) in [6.45, 7) is 0.573. The number of hydrogen-bond acceptors (Lipinski definition) is 2. The van der Waals surface area contributed by atoms with E-state index in [1.165, 1.54) is 0 Å². The Bertz CT molecular complexity index is 567. The monoisotopic (exact) mass is 274 g/mol. The largest absolute Gasteiger partial charge is 0.399 e. The highest BCUT2D eigenvalue weighted by Gasteiger charge is 2.04. The highest BCUT2D eigenvalue weighted by atomic mass is 35.5. The Morgan fingerprint density at radius 2 is 1.89 bits per heavy atom. The average Bonchev–Trinajstić information content (AvgIpc) is 2.39. The molecule has 3 nitrogen and oxygen atoms in total. The lowest BCUT2D eigenvalue weighted by Crippen LogP contribution is -2.25.